The molecular formula is C16H20N4O. The average Bonchev–Trinajstić information content (AvgIpc) is 2.99. The Morgan fingerprint density at radius 2 is 2.10 bits per heavy atom. The molecule has 0 saturated heterocycles. The number of rotatable bonds is 6. The van der Waals surface area contributed by atoms with E-state index in [1.54, 1.807) is 11.0 Å². The number of allylic oxidation sites excluding steroid dienone is 1. The molecule has 0 aliphatic carbocycles. The minimum atomic E-state index is -0.0209. The third kappa shape index (κ3) is 4.27. The largest absolute Gasteiger partial charge is 0.348 e. The Bertz CT molecular complexity index is 617. The molecule has 1 N–H and O–H groups in total. The molecule has 5 nitrogen and oxygen atoms in total. The minimum absolute atomic E-state index is 0.0209. The van der Waals surface area contributed by atoms with E-state index in [9.17, 15) is 4.79 Å². The maximum atomic E-state index is 11.9. The Hall–Kier alpha value is -2.43. The van der Waals surface area contributed by atoms with Crippen LogP contribution in [-0.4, -0.2) is 20.7 Å². The van der Waals surface area contributed by atoms with E-state index in [0.717, 1.165) is 23.1 Å². The lowest BCUT2D eigenvalue weighted by atomic mass is 10.1. The molecule has 1 aromatic heterocycles. The van der Waals surface area contributed by atoms with Crippen LogP contribution in [0.15, 0.2) is 48.6 Å². The van der Waals surface area contributed by atoms with Crippen LogP contribution in [0.4, 0.5) is 0 Å². The molecule has 5 heteroatoms. The zero-order chi connectivity index (χ0) is 15.1. The van der Waals surface area contributed by atoms with Crippen molar-refractivity contribution < 1.29 is 4.79 Å². The molecule has 0 saturated carbocycles. The van der Waals surface area contributed by atoms with Gasteiger partial charge in [0.05, 0.1) is 6.54 Å². The van der Waals surface area contributed by atoms with Crippen LogP contribution in [0.1, 0.15) is 31.4 Å². The summed E-state index contributed by atoms with van der Waals surface area (Å²) < 4.78 is 1.77. The van der Waals surface area contributed by atoms with Crippen LogP contribution >= 0.6 is 0 Å². The number of nitrogens with zero attached hydrogens (tertiary/aromatic N) is 3. The van der Waals surface area contributed by atoms with Gasteiger partial charge in [0.2, 0.25) is 5.91 Å². The smallest absolute Gasteiger partial charge is 0.246 e. The van der Waals surface area contributed by atoms with Crippen molar-refractivity contribution in [2.75, 3.05) is 0 Å². The lowest BCUT2D eigenvalue weighted by Gasteiger charge is -2.11. The summed E-state index contributed by atoms with van der Waals surface area (Å²) in [6, 6.07) is 8.02. The first-order valence-electron chi connectivity index (χ1n) is 7.05. The number of hydrogen-bond acceptors (Lipinski definition) is 3. The van der Waals surface area contributed by atoms with Crippen LogP contribution < -0.4 is 5.32 Å². The molecule has 2 aromatic rings. The number of carbonyl (C=O) groups excluding carboxylic acids is 1. The summed E-state index contributed by atoms with van der Waals surface area (Å²) in [6.07, 6.45) is 5.99. The second-order valence-corrected chi connectivity index (χ2v) is 4.84. The van der Waals surface area contributed by atoms with Gasteiger partial charge in [-0.3, -0.25) is 4.79 Å². The van der Waals surface area contributed by atoms with E-state index in [4.69, 9.17) is 0 Å². The number of benzene rings is 1. The van der Waals surface area contributed by atoms with Crippen LogP contribution in [0.3, 0.4) is 0 Å². The van der Waals surface area contributed by atoms with Gasteiger partial charge in [0.25, 0.3) is 0 Å². The lowest BCUT2D eigenvalue weighted by molar-refractivity contribution is -0.117. The minimum Gasteiger partial charge on any atom is -0.348 e. The summed E-state index contributed by atoms with van der Waals surface area (Å²) >= 11 is 0. The van der Waals surface area contributed by atoms with E-state index in [1.165, 1.54) is 6.33 Å². The zero-order valence-electron chi connectivity index (χ0n) is 12.4. The second kappa shape index (κ2) is 7.38. The van der Waals surface area contributed by atoms with Crippen molar-refractivity contribution in [1.29, 1.82) is 0 Å². The van der Waals surface area contributed by atoms with Gasteiger partial charge in [0.1, 0.15) is 12.7 Å². The van der Waals surface area contributed by atoms with Crippen molar-refractivity contribution in [3.8, 4) is 0 Å². The van der Waals surface area contributed by atoms with Crippen molar-refractivity contribution in [2.24, 2.45) is 0 Å². The van der Waals surface area contributed by atoms with E-state index < -0.39 is 0 Å². The molecule has 2 rings (SSSR count). The molecule has 0 spiro atoms. The number of amides is 1. The van der Waals surface area contributed by atoms with E-state index in [2.05, 4.69) is 15.4 Å². The van der Waals surface area contributed by atoms with Crippen LogP contribution in [-0.2, 0) is 17.9 Å². The summed E-state index contributed by atoms with van der Waals surface area (Å²) in [5.74, 6) is -0.0209. The van der Waals surface area contributed by atoms with Crippen molar-refractivity contribution in [1.82, 2.24) is 20.1 Å². The van der Waals surface area contributed by atoms with Gasteiger partial charge in [-0.1, -0.05) is 37.3 Å². The average molecular weight is 284 g/mol. The summed E-state index contributed by atoms with van der Waals surface area (Å²) in [5, 5.41) is 7.06. The first-order chi connectivity index (χ1) is 10.2. The third-order valence-corrected chi connectivity index (χ3v) is 3.23. The number of aromatic nitrogens is 3. The highest BCUT2D eigenvalue weighted by Gasteiger charge is 2.06. The molecule has 0 unspecified atom stereocenters. The van der Waals surface area contributed by atoms with Crippen molar-refractivity contribution >= 4 is 5.91 Å². The molecule has 0 radical (unpaired) electrons. The summed E-state index contributed by atoms with van der Waals surface area (Å²) in [7, 11) is 0. The number of nitrogens with one attached hydrogen (secondary N) is 1. The van der Waals surface area contributed by atoms with Gasteiger partial charge >= 0.3 is 0 Å². The molecular weight excluding hydrogens is 264 g/mol. The van der Waals surface area contributed by atoms with Crippen LogP contribution in [0.25, 0.3) is 0 Å². The third-order valence-electron chi connectivity index (χ3n) is 3.23. The van der Waals surface area contributed by atoms with Gasteiger partial charge in [0, 0.05) is 12.1 Å². The van der Waals surface area contributed by atoms with E-state index >= 15 is 0 Å². The van der Waals surface area contributed by atoms with E-state index in [-0.39, 0.29) is 5.91 Å². The molecule has 0 bridgehead atoms. The van der Waals surface area contributed by atoms with Gasteiger partial charge in [-0.25, -0.2) is 9.67 Å². The molecule has 0 aliphatic rings. The molecule has 0 fully saturated rings. The van der Waals surface area contributed by atoms with Gasteiger partial charge < -0.3 is 5.32 Å². The fraction of sp³-hybridized carbons (Fsp3) is 0.312. The van der Waals surface area contributed by atoms with Crippen molar-refractivity contribution in [3.63, 3.8) is 0 Å². The fourth-order valence-electron chi connectivity index (χ4n) is 2.09. The van der Waals surface area contributed by atoms with E-state index in [0.29, 0.717) is 13.1 Å². The topological polar surface area (TPSA) is 59.8 Å². The van der Waals surface area contributed by atoms with Crippen molar-refractivity contribution in [2.45, 2.75) is 33.4 Å². The van der Waals surface area contributed by atoms with Gasteiger partial charge in [0.15, 0.2) is 0 Å². The molecule has 0 atom stereocenters. The molecule has 110 valence electrons. The Kier molecular flexibility index (Phi) is 5.26. The highest BCUT2D eigenvalue weighted by atomic mass is 16.1. The Morgan fingerprint density at radius 3 is 2.76 bits per heavy atom. The van der Waals surface area contributed by atoms with Crippen LogP contribution in [0, 0.1) is 0 Å². The maximum Gasteiger partial charge on any atom is 0.246 e. The Balaban J connectivity index is 2.03. The molecule has 21 heavy (non-hydrogen) atoms. The fourth-order valence-corrected chi connectivity index (χ4v) is 2.09. The second-order valence-electron chi connectivity index (χ2n) is 4.84. The predicted molar refractivity (Wildman–Crippen MR) is 81.5 cm³/mol. The standard InChI is InChI=1S/C16H20N4O/c1-3-6-13(2)16(21)18-9-14-7-4-5-8-15(14)10-20-12-17-11-19-20/h4-8,11-12H,3,9-10H2,1-2H3,(H,18,21). The Morgan fingerprint density at radius 1 is 1.33 bits per heavy atom. The molecule has 1 aromatic carbocycles. The first kappa shape index (κ1) is 15.0. The summed E-state index contributed by atoms with van der Waals surface area (Å²) in [4.78, 5) is 15.9. The zero-order valence-corrected chi connectivity index (χ0v) is 12.4. The van der Waals surface area contributed by atoms with Crippen LogP contribution in [0.2, 0.25) is 0 Å². The van der Waals surface area contributed by atoms with Gasteiger partial charge in [-0.2, -0.15) is 5.10 Å². The monoisotopic (exact) mass is 284 g/mol. The van der Waals surface area contributed by atoms with Crippen LogP contribution in [0.5, 0.6) is 0 Å². The maximum absolute atomic E-state index is 11.9. The van der Waals surface area contributed by atoms with Crippen molar-refractivity contribution in [3.05, 3.63) is 59.7 Å². The SMILES string of the molecule is CCC=C(C)C(=O)NCc1ccccc1Cn1cncn1. The highest BCUT2D eigenvalue weighted by molar-refractivity contribution is 5.92. The summed E-state index contributed by atoms with van der Waals surface area (Å²) in [6.45, 7) is 5.01. The molecule has 0 aliphatic heterocycles. The van der Waals surface area contributed by atoms with E-state index in [1.807, 2.05) is 44.2 Å². The quantitative estimate of drug-likeness (QED) is 0.828. The molecule has 1 heterocycles. The predicted octanol–water partition coefficient (Wildman–Crippen LogP) is 2.30. The Labute approximate surface area is 124 Å². The normalized spacial score (nSPS) is 11.4. The summed E-state index contributed by atoms with van der Waals surface area (Å²) in [5.41, 5.74) is 2.97. The van der Waals surface area contributed by atoms with Gasteiger partial charge in [-0.15, -0.1) is 0 Å². The highest BCUT2D eigenvalue weighted by Crippen LogP contribution is 2.10. The first-order valence-corrected chi connectivity index (χ1v) is 7.05. The number of carbonyl (C=O) groups is 1. The van der Waals surface area contributed by atoms with Gasteiger partial charge in [-0.05, 0) is 24.5 Å². The lowest BCUT2D eigenvalue weighted by Crippen LogP contribution is -2.24. The molecule has 1 amide bonds. The number of hydrogen-bond donors (Lipinski definition) is 1.